The predicted molar refractivity (Wildman–Crippen MR) is 139 cm³/mol. The van der Waals surface area contributed by atoms with Crippen LogP contribution in [0.5, 0.6) is 0 Å². The number of anilines is 1. The van der Waals surface area contributed by atoms with Gasteiger partial charge in [-0.3, -0.25) is 4.40 Å². The topological polar surface area (TPSA) is 83.0 Å². The summed E-state index contributed by atoms with van der Waals surface area (Å²) in [5.74, 6) is 0.931. The van der Waals surface area contributed by atoms with Gasteiger partial charge in [0.2, 0.25) is 0 Å². The highest BCUT2D eigenvalue weighted by atomic mass is 32.2. The van der Waals surface area contributed by atoms with Gasteiger partial charge in [0.25, 0.3) is 0 Å². The van der Waals surface area contributed by atoms with Crippen molar-refractivity contribution in [1.82, 2.24) is 24.3 Å². The van der Waals surface area contributed by atoms with E-state index in [4.69, 9.17) is 9.97 Å². The minimum absolute atomic E-state index is 0.407. The van der Waals surface area contributed by atoms with Crippen LogP contribution in [0, 0.1) is 16.7 Å². The minimum Gasteiger partial charge on any atom is -0.355 e. The number of nitrogens with zero attached hydrogens (tertiary/aromatic N) is 7. The second kappa shape index (κ2) is 8.32. The van der Waals surface area contributed by atoms with Crippen LogP contribution in [0.1, 0.15) is 29.5 Å². The van der Waals surface area contributed by atoms with Crippen molar-refractivity contribution in [3.8, 4) is 6.07 Å². The molecular formula is C28H23N7S. The summed E-state index contributed by atoms with van der Waals surface area (Å²) in [7, 11) is 0. The zero-order valence-electron chi connectivity index (χ0n) is 19.6. The standard InChI is InChI=1S/C28H23N7S/c29-15-19-5-7-23-30-17-26(35(23)18-19)36-25-8-6-22-27(33-25)31-16-24(32-22)34-11-9-28(10-12-34)13-20-3-1-2-4-21(20)14-28/h1-8,16-18H,9-14H2. The lowest BCUT2D eigenvalue weighted by Gasteiger charge is -2.39. The van der Waals surface area contributed by atoms with E-state index < -0.39 is 0 Å². The molecule has 5 aromatic rings. The number of hydrogen-bond acceptors (Lipinski definition) is 7. The van der Waals surface area contributed by atoms with Gasteiger partial charge in [-0.1, -0.05) is 24.3 Å². The van der Waals surface area contributed by atoms with E-state index in [1.807, 2.05) is 28.8 Å². The first-order chi connectivity index (χ1) is 17.7. The number of rotatable bonds is 3. The van der Waals surface area contributed by atoms with Gasteiger partial charge < -0.3 is 4.90 Å². The number of aromatic nitrogens is 5. The first-order valence-corrected chi connectivity index (χ1v) is 13.0. The molecule has 176 valence electrons. The maximum Gasteiger partial charge on any atom is 0.179 e. The third-order valence-corrected chi connectivity index (χ3v) is 8.52. The second-order valence-corrected chi connectivity index (χ2v) is 10.8. The van der Waals surface area contributed by atoms with Crippen molar-refractivity contribution in [2.75, 3.05) is 18.0 Å². The molecule has 1 saturated heterocycles. The largest absolute Gasteiger partial charge is 0.355 e. The van der Waals surface area contributed by atoms with Gasteiger partial charge in [-0.15, -0.1) is 0 Å². The molecule has 7 rings (SSSR count). The molecule has 0 saturated carbocycles. The van der Waals surface area contributed by atoms with E-state index in [2.05, 4.69) is 45.2 Å². The zero-order chi connectivity index (χ0) is 24.1. The number of benzene rings is 1. The summed E-state index contributed by atoms with van der Waals surface area (Å²) in [5.41, 5.74) is 6.30. The number of hydrogen-bond donors (Lipinski definition) is 0. The Labute approximate surface area is 212 Å². The van der Waals surface area contributed by atoms with Gasteiger partial charge in [0.15, 0.2) is 5.65 Å². The van der Waals surface area contributed by atoms with Gasteiger partial charge in [0, 0.05) is 19.3 Å². The van der Waals surface area contributed by atoms with Crippen LogP contribution in [0.15, 0.2) is 77.2 Å². The van der Waals surface area contributed by atoms with Gasteiger partial charge in [-0.2, -0.15) is 5.26 Å². The van der Waals surface area contributed by atoms with Crippen LogP contribution >= 0.6 is 11.8 Å². The third kappa shape index (κ3) is 3.67. The molecule has 36 heavy (non-hydrogen) atoms. The van der Waals surface area contributed by atoms with Crippen molar-refractivity contribution < 1.29 is 0 Å². The summed E-state index contributed by atoms with van der Waals surface area (Å²) >= 11 is 1.50. The SMILES string of the molecule is N#Cc1ccc2ncc(Sc3ccc4nc(N5CCC6(CC5)Cc5ccccc5C6)cnc4n3)n2c1. The normalized spacial score (nSPS) is 16.5. The number of piperidine rings is 1. The smallest absolute Gasteiger partial charge is 0.179 e. The lowest BCUT2D eigenvalue weighted by Crippen LogP contribution is -2.41. The minimum atomic E-state index is 0.407. The summed E-state index contributed by atoms with van der Waals surface area (Å²) in [4.78, 5) is 21.1. The molecule has 7 nitrogen and oxygen atoms in total. The fourth-order valence-electron chi connectivity index (χ4n) is 5.63. The third-order valence-electron chi connectivity index (χ3n) is 7.57. The van der Waals surface area contributed by atoms with Crippen molar-refractivity contribution >= 4 is 34.4 Å². The Balaban J connectivity index is 1.08. The van der Waals surface area contributed by atoms with E-state index in [0.717, 1.165) is 40.1 Å². The molecule has 4 aromatic heterocycles. The van der Waals surface area contributed by atoms with Crippen LogP contribution in [0.3, 0.4) is 0 Å². The van der Waals surface area contributed by atoms with Gasteiger partial charge >= 0.3 is 0 Å². The Hall–Kier alpha value is -3.96. The van der Waals surface area contributed by atoms with Gasteiger partial charge in [0.05, 0.1) is 18.0 Å². The molecule has 0 amide bonds. The van der Waals surface area contributed by atoms with E-state index >= 15 is 0 Å². The second-order valence-electron chi connectivity index (χ2n) is 9.79. The Morgan fingerprint density at radius 3 is 2.47 bits per heavy atom. The summed E-state index contributed by atoms with van der Waals surface area (Å²) < 4.78 is 1.91. The van der Waals surface area contributed by atoms with E-state index in [9.17, 15) is 5.26 Å². The molecule has 5 heterocycles. The Bertz CT molecular complexity index is 1630. The predicted octanol–water partition coefficient (Wildman–Crippen LogP) is 5.08. The van der Waals surface area contributed by atoms with Crippen molar-refractivity contribution in [2.45, 2.75) is 35.7 Å². The van der Waals surface area contributed by atoms with Crippen LogP contribution in [0.25, 0.3) is 16.8 Å². The first kappa shape index (κ1) is 21.3. The molecule has 0 N–H and O–H groups in total. The fourth-order valence-corrected chi connectivity index (χ4v) is 6.46. The van der Waals surface area contributed by atoms with E-state index in [1.165, 1.54) is 48.6 Å². The molecular weight excluding hydrogens is 466 g/mol. The molecule has 0 radical (unpaired) electrons. The summed E-state index contributed by atoms with van der Waals surface area (Å²) in [6.45, 7) is 2.02. The highest BCUT2D eigenvalue weighted by Crippen LogP contribution is 2.45. The lowest BCUT2D eigenvalue weighted by atomic mass is 9.76. The molecule has 0 bridgehead atoms. The van der Waals surface area contributed by atoms with E-state index in [-0.39, 0.29) is 0 Å². The number of pyridine rings is 2. The molecule has 1 spiro atoms. The van der Waals surface area contributed by atoms with Crippen molar-refractivity contribution in [3.05, 3.63) is 83.8 Å². The van der Waals surface area contributed by atoms with E-state index in [1.54, 1.807) is 18.5 Å². The zero-order valence-corrected chi connectivity index (χ0v) is 20.4. The van der Waals surface area contributed by atoms with Crippen molar-refractivity contribution in [2.24, 2.45) is 5.41 Å². The molecule has 8 heteroatoms. The molecule has 1 aromatic carbocycles. The molecule has 1 aliphatic carbocycles. The monoisotopic (exact) mass is 489 g/mol. The molecule has 0 unspecified atom stereocenters. The fraction of sp³-hybridized carbons (Fsp3) is 0.250. The quantitative estimate of drug-likeness (QED) is 0.349. The van der Waals surface area contributed by atoms with Gasteiger partial charge in [-0.05, 0) is 78.3 Å². The number of nitriles is 1. The van der Waals surface area contributed by atoms with Crippen LogP contribution in [-0.2, 0) is 12.8 Å². The number of imidazole rings is 1. The van der Waals surface area contributed by atoms with Crippen LogP contribution in [0.2, 0.25) is 0 Å². The van der Waals surface area contributed by atoms with E-state index in [0.29, 0.717) is 16.6 Å². The maximum absolute atomic E-state index is 9.22. The molecule has 0 atom stereocenters. The molecule has 1 aliphatic heterocycles. The maximum atomic E-state index is 9.22. The number of fused-ring (bicyclic) bond motifs is 3. The van der Waals surface area contributed by atoms with Crippen molar-refractivity contribution in [3.63, 3.8) is 0 Å². The lowest BCUT2D eigenvalue weighted by molar-refractivity contribution is 0.232. The highest BCUT2D eigenvalue weighted by Gasteiger charge is 2.39. The Morgan fingerprint density at radius 2 is 1.69 bits per heavy atom. The Morgan fingerprint density at radius 1 is 0.889 bits per heavy atom. The molecule has 1 fully saturated rings. The van der Waals surface area contributed by atoms with Crippen molar-refractivity contribution in [1.29, 1.82) is 5.26 Å². The highest BCUT2D eigenvalue weighted by molar-refractivity contribution is 7.99. The van der Waals surface area contributed by atoms with Gasteiger partial charge in [-0.25, -0.2) is 19.9 Å². The molecule has 2 aliphatic rings. The summed E-state index contributed by atoms with van der Waals surface area (Å²) in [6, 6.07) is 18.7. The van der Waals surface area contributed by atoms with Crippen LogP contribution in [0.4, 0.5) is 5.82 Å². The first-order valence-electron chi connectivity index (χ1n) is 12.2. The Kier molecular flexibility index (Phi) is 4.93. The van der Waals surface area contributed by atoms with Crippen LogP contribution < -0.4 is 4.90 Å². The summed E-state index contributed by atoms with van der Waals surface area (Å²) in [5, 5.41) is 10.9. The van der Waals surface area contributed by atoms with Gasteiger partial charge in [0.1, 0.15) is 33.1 Å². The van der Waals surface area contributed by atoms with Crippen LogP contribution in [-0.4, -0.2) is 37.4 Å². The average molecular weight is 490 g/mol. The average Bonchev–Trinajstić information content (AvgIpc) is 3.49. The summed E-state index contributed by atoms with van der Waals surface area (Å²) in [6.07, 6.45) is 10.2.